The minimum Gasteiger partial charge on any atom is -0.497 e. The van der Waals surface area contributed by atoms with E-state index in [-0.39, 0.29) is 5.78 Å². The molecule has 0 spiro atoms. The number of ether oxygens (including phenoxy) is 2. The topological polar surface area (TPSA) is 61.3 Å². The largest absolute Gasteiger partial charge is 0.497 e. The SMILES string of the molecule is COc1ccc(OC)c(C(=O)/C=C/c2csnn2)c1. The summed E-state index contributed by atoms with van der Waals surface area (Å²) in [7, 11) is 3.07. The van der Waals surface area contributed by atoms with Crippen LogP contribution in [-0.4, -0.2) is 29.6 Å². The van der Waals surface area contributed by atoms with Gasteiger partial charge in [-0.2, -0.15) is 0 Å². The second-order valence-corrected chi connectivity index (χ2v) is 4.20. The lowest BCUT2D eigenvalue weighted by Gasteiger charge is -2.07. The third kappa shape index (κ3) is 3.17. The summed E-state index contributed by atoms with van der Waals surface area (Å²) in [5.74, 6) is 0.934. The molecule has 0 aliphatic heterocycles. The lowest BCUT2D eigenvalue weighted by atomic mass is 10.1. The molecular formula is C13H12N2O3S. The van der Waals surface area contributed by atoms with Crippen molar-refractivity contribution in [3.05, 3.63) is 40.9 Å². The van der Waals surface area contributed by atoms with Gasteiger partial charge in [-0.3, -0.25) is 4.79 Å². The average molecular weight is 276 g/mol. The third-order valence-electron chi connectivity index (χ3n) is 2.45. The molecule has 6 heteroatoms. The number of carbonyl (C=O) groups is 1. The van der Waals surface area contributed by atoms with E-state index in [4.69, 9.17) is 9.47 Å². The van der Waals surface area contributed by atoms with Crippen LogP contribution in [0.5, 0.6) is 11.5 Å². The van der Waals surface area contributed by atoms with Gasteiger partial charge < -0.3 is 9.47 Å². The molecule has 0 unspecified atom stereocenters. The van der Waals surface area contributed by atoms with Gasteiger partial charge in [-0.1, -0.05) is 4.49 Å². The molecular weight excluding hydrogens is 264 g/mol. The summed E-state index contributed by atoms with van der Waals surface area (Å²) in [6, 6.07) is 5.08. The zero-order chi connectivity index (χ0) is 13.7. The van der Waals surface area contributed by atoms with Gasteiger partial charge in [0.1, 0.15) is 11.5 Å². The van der Waals surface area contributed by atoms with E-state index < -0.39 is 0 Å². The fraction of sp³-hybridized carbons (Fsp3) is 0.154. The van der Waals surface area contributed by atoms with Crippen molar-refractivity contribution in [1.82, 2.24) is 9.59 Å². The molecule has 5 nitrogen and oxygen atoms in total. The highest BCUT2D eigenvalue weighted by Gasteiger charge is 2.11. The van der Waals surface area contributed by atoms with Crippen LogP contribution in [-0.2, 0) is 0 Å². The first kappa shape index (κ1) is 13.2. The number of ketones is 1. The normalized spacial score (nSPS) is 10.6. The number of hydrogen-bond acceptors (Lipinski definition) is 6. The first-order chi connectivity index (χ1) is 9.24. The van der Waals surface area contributed by atoms with Gasteiger partial charge in [0.2, 0.25) is 0 Å². The van der Waals surface area contributed by atoms with Crippen molar-refractivity contribution in [1.29, 1.82) is 0 Å². The number of carbonyl (C=O) groups excluding carboxylic acids is 1. The third-order valence-corrected chi connectivity index (χ3v) is 2.98. The van der Waals surface area contributed by atoms with E-state index in [1.165, 1.54) is 24.7 Å². The average Bonchev–Trinajstić information content (AvgIpc) is 2.97. The molecule has 2 aromatic rings. The molecule has 0 N–H and O–H groups in total. The maximum Gasteiger partial charge on any atom is 0.189 e. The maximum absolute atomic E-state index is 12.1. The second kappa shape index (κ2) is 6.10. The maximum atomic E-state index is 12.1. The lowest BCUT2D eigenvalue weighted by Crippen LogP contribution is -1.99. The second-order valence-electron chi connectivity index (χ2n) is 3.59. The molecule has 2 rings (SSSR count). The van der Waals surface area contributed by atoms with E-state index in [9.17, 15) is 4.79 Å². The summed E-state index contributed by atoms with van der Waals surface area (Å²) in [4.78, 5) is 12.1. The smallest absolute Gasteiger partial charge is 0.189 e. The molecule has 0 saturated heterocycles. The monoisotopic (exact) mass is 276 g/mol. The van der Waals surface area contributed by atoms with Crippen molar-refractivity contribution in [3.8, 4) is 11.5 Å². The van der Waals surface area contributed by atoms with Crippen LogP contribution < -0.4 is 9.47 Å². The molecule has 1 aromatic heterocycles. The Balaban J connectivity index is 2.27. The highest BCUT2D eigenvalue weighted by atomic mass is 32.1. The van der Waals surface area contributed by atoms with E-state index in [2.05, 4.69) is 9.59 Å². The van der Waals surface area contributed by atoms with Crippen LogP contribution in [0.1, 0.15) is 16.1 Å². The Bertz CT molecular complexity index is 594. The number of nitrogens with zero attached hydrogens (tertiary/aromatic N) is 2. The number of rotatable bonds is 5. The van der Waals surface area contributed by atoms with Gasteiger partial charge in [0.05, 0.1) is 25.5 Å². The van der Waals surface area contributed by atoms with Crippen LogP contribution in [0.4, 0.5) is 0 Å². The fourth-order valence-electron chi connectivity index (χ4n) is 1.50. The zero-order valence-corrected chi connectivity index (χ0v) is 11.3. The Morgan fingerprint density at radius 3 is 2.79 bits per heavy atom. The van der Waals surface area contributed by atoms with Crippen molar-refractivity contribution in [2.75, 3.05) is 14.2 Å². The van der Waals surface area contributed by atoms with Crippen LogP contribution >= 0.6 is 11.5 Å². The first-order valence-electron chi connectivity index (χ1n) is 5.46. The summed E-state index contributed by atoms with van der Waals surface area (Å²) in [5.41, 5.74) is 1.10. The molecule has 1 heterocycles. The number of hydrogen-bond donors (Lipinski definition) is 0. The molecule has 0 fully saturated rings. The number of benzene rings is 1. The minimum absolute atomic E-state index is 0.177. The Morgan fingerprint density at radius 1 is 1.32 bits per heavy atom. The molecule has 0 radical (unpaired) electrons. The van der Waals surface area contributed by atoms with E-state index in [1.807, 2.05) is 0 Å². The Kier molecular flexibility index (Phi) is 4.25. The van der Waals surface area contributed by atoms with Gasteiger partial charge in [0.15, 0.2) is 5.78 Å². The summed E-state index contributed by atoms with van der Waals surface area (Å²) >= 11 is 1.23. The zero-order valence-electron chi connectivity index (χ0n) is 10.5. The van der Waals surface area contributed by atoms with E-state index >= 15 is 0 Å². The predicted molar refractivity (Wildman–Crippen MR) is 72.8 cm³/mol. The molecule has 0 atom stereocenters. The van der Waals surface area contributed by atoms with Gasteiger partial charge >= 0.3 is 0 Å². The molecule has 19 heavy (non-hydrogen) atoms. The summed E-state index contributed by atoms with van der Waals surface area (Å²) in [5, 5.41) is 5.59. The fourth-order valence-corrected chi connectivity index (χ4v) is 1.92. The molecule has 0 amide bonds. The van der Waals surface area contributed by atoms with Crippen LogP contribution in [0, 0.1) is 0 Å². The van der Waals surface area contributed by atoms with E-state index in [0.717, 1.165) is 0 Å². The van der Waals surface area contributed by atoms with Crippen molar-refractivity contribution in [2.24, 2.45) is 0 Å². The Hall–Kier alpha value is -2.21. The van der Waals surface area contributed by atoms with Gasteiger partial charge in [0.25, 0.3) is 0 Å². The van der Waals surface area contributed by atoms with Crippen LogP contribution in [0.3, 0.4) is 0 Å². The molecule has 0 aliphatic rings. The highest BCUT2D eigenvalue weighted by molar-refractivity contribution is 7.03. The van der Waals surface area contributed by atoms with Crippen LogP contribution in [0.25, 0.3) is 6.08 Å². The van der Waals surface area contributed by atoms with Crippen molar-refractivity contribution < 1.29 is 14.3 Å². The number of methoxy groups -OCH3 is 2. The number of allylic oxidation sites excluding steroid dienone is 1. The van der Waals surface area contributed by atoms with Gasteiger partial charge in [-0.05, 0) is 41.9 Å². The highest BCUT2D eigenvalue weighted by Crippen LogP contribution is 2.24. The van der Waals surface area contributed by atoms with Gasteiger partial charge in [-0.25, -0.2) is 0 Å². The van der Waals surface area contributed by atoms with Crippen LogP contribution in [0.15, 0.2) is 29.7 Å². The molecule has 0 bridgehead atoms. The van der Waals surface area contributed by atoms with E-state index in [1.54, 1.807) is 36.8 Å². The quantitative estimate of drug-likeness (QED) is 0.620. The first-order valence-corrected chi connectivity index (χ1v) is 6.29. The number of aromatic nitrogens is 2. The van der Waals surface area contributed by atoms with Crippen molar-refractivity contribution in [3.63, 3.8) is 0 Å². The summed E-state index contributed by atoms with van der Waals surface area (Å²) in [6.07, 6.45) is 3.05. The van der Waals surface area contributed by atoms with Gasteiger partial charge in [-0.15, -0.1) is 5.10 Å². The lowest BCUT2D eigenvalue weighted by molar-refractivity contribution is 0.104. The van der Waals surface area contributed by atoms with Crippen molar-refractivity contribution >= 4 is 23.4 Å². The van der Waals surface area contributed by atoms with E-state index in [0.29, 0.717) is 22.8 Å². The molecule has 1 aromatic carbocycles. The Morgan fingerprint density at radius 2 is 2.16 bits per heavy atom. The molecule has 98 valence electrons. The predicted octanol–water partition coefficient (Wildman–Crippen LogP) is 2.45. The molecule has 0 aliphatic carbocycles. The standard InChI is InChI=1S/C13H12N2O3S/c1-17-10-4-6-13(18-2)11(7-10)12(16)5-3-9-8-19-15-14-9/h3-8H,1-2H3/b5-3+. The molecule has 0 saturated carbocycles. The van der Waals surface area contributed by atoms with Crippen LogP contribution in [0.2, 0.25) is 0 Å². The summed E-state index contributed by atoms with van der Waals surface area (Å²) in [6.45, 7) is 0. The Labute approximate surface area is 114 Å². The van der Waals surface area contributed by atoms with Crippen molar-refractivity contribution in [2.45, 2.75) is 0 Å². The van der Waals surface area contributed by atoms with Gasteiger partial charge in [0, 0.05) is 5.38 Å². The minimum atomic E-state index is -0.177. The summed E-state index contributed by atoms with van der Waals surface area (Å²) < 4.78 is 14.0.